The molecule has 1 heterocycles. The number of hydrogen-bond donors (Lipinski definition) is 2. The van der Waals surface area contributed by atoms with Gasteiger partial charge < -0.3 is 20.2 Å². The Morgan fingerprint density at radius 1 is 1.18 bits per heavy atom. The first kappa shape index (κ1) is 19.4. The van der Waals surface area contributed by atoms with Gasteiger partial charge in [-0.2, -0.15) is 0 Å². The summed E-state index contributed by atoms with van der Waals surface area (Å²) in [4.78, 5) is 26.4. The second-order valence-electron chi connectivity index (χ2n) is 6.43. The minimum absolute atomic E-state index is 0.0320. The number of ether oxygens (including phenoxy) is 2. The number of aromatic amines is 1. The Kier molecular flexibility index (Phi) is 5.63. The van der Waals surface area contributed by atoms with Crippen LogP contribution in [0.25, 0.3) is 22.2 Å². The number of H-pyrrole nitrogens is 1. The molecule has 0 aliphatic heterocycles. The van der Waals surface area contributed by atoms with Gasteiger partial charge in [-0.3, -0.25) is 9.59 Å². The number of aromatic nitrogens is 1. The normalized spacial score (nSPS) is 12.0. The average Bonchev–Trinajstić information content (AvgIpc) is 3.04. The van der Waals surface area contributed by atoms with Gasteiger partial charge in [-0.05, 0) is 66.9 Å². The van der Waals surface area contributed by atoms with Crippen LogP contribution in [0.2, 0.25) is 0 Å². The van der Waals surface area contributed by atoms with Gasteiger partial charge in [0.15, 0.2) is 6.10 Å². The largest absolute Gasteiger partial charge is 0.497 e. The van der Waals surface area contributed by atoms with Crippen LogP contribution < -0.4 is 10.5 Å². The highest BCUT2D eigenvalue weighted by Gasteiger charge is 2.18. The van der Waals surface area contributed by atoms with Crippen molar-refractivity contribution in [1.29, 1.82) is 0 Å². The Balaban J connectivity index is 1.93. The summed E-state index contributed by atoms with van der Waals surface area (Å²) in [5.74, 6) is -0.894. The molecule has 1 atom stereocenters. The van der Waals surface area contributed by atoms with Crippen LogP contribution in [0.4, 0.5) is 4.39 Å². The number of aryl methyl sites for hydroxylation is 1. The molecule has 6 nitrogen and oxygen atoms in total. The van der Waals surface area contributed by atoms with E-state index in [9.17, 15) is 14.0 Å². The van der Waals surface area contributed by atoms with E-state index >= 15 is 0 Å². The number of carbonyl (C=O) groups excluding carboxylic acids is 2. The molecule has 0 unspecified atom stereocenters. The minimum Gasteiger partial charge on any atom is -0.497 e. The maximum Gasteiger partial charge on any atom is 0.306 e. The zero-order valence-electron chi connectivity index (χ0n) is 15.6. The van der Waals surface area contributed by atoms with E-state index in [2.05, 4.69) is 4.98 Å². The van der Waals surface area contributed by atoms with Crippen molar-refractivity contribution in [3.05, 3.63) is 53.8 Å². The molecule has 1 aromatic heterocycles. The van der Waals surface area contributed by atoms with E-state index in [0.29, 0.717) is 11.8 Å². The van der Waals surface area contributed by atoms with Crippen LogP contribution in [0, 0.1) is 5.82 Å². The number of benzene rings is 2. The van der Waals surface area contributed by atoms with Gasteiger partial charge >= 0.3 is 5.97 Å². The zero-order chi connectivity index (χ0) is 20.3. The van der Waals surface area contributed by atoms with Gasteiger partial charge in [0.2, 0.25) is 0 Å². The molecule has 0 fully saturated rings. The topological polar surface area (TPSA) is 94.4 Å². The molecule has 0 saturated carbocycles. The minimum atomic E-state index is -0.992. The van der Waals surface area contributed by atoms with Crippen LogP contribution >= 0.6 is 0 Å². The predicted molar refractivity (Wildman–Crippen MR) is 103 cm³/mol. The quantitative estimate of drug-likeness (QED) is 0.611. The highest BCUT2D eigenvalue weighted by molar-refractivity contribution is 5.91. The van der Waals surface area contributed by atoms with Gasteiger partial charge in [-0.25, -0.2) is 4.39 Å². The lowest BCUT2D eigenvalue weighted by atomic mass is 10.0. The van der Waals surface area contributed by atoms with Crippen molar-refractivity contribution in [1.82, 2.24) is 4.98 Å². The standard InChI is InChI=1S/C21H21FN2O4/c1-12(21(23)26)28-19(25)10-8-16-17-11-14(22)5-9-18(17)24-20(16)13-3-6-15(27-2)7-4-13/h3-7,9,11-12,24H,8,10H2,1-2H3,(H2,23,26)/t12-/m0/s1. The summed E-state index contributed by atoms with van der Waals surface area (Å²) in [6.45, 7) is 1.42. The molecule has 146 valence electrons. The van der Waals surface area contributed by atoms with Crippen molar-refractivity contribution in [2.24, 2.45) is 5.73 Å². The lowest BCUT2D eigenvalue weighted by Crippen LogP contribution is -2.30. The van der Waals surface area contributed by atoms with Crippen LogP contribution in [-0.4, -0.2) is 30.1 Å². The van der Waals surface area contributed by atoms with Crippen LogP contribution in [-0.2, 0) is 20.7 Å². The Morgan fingerprint density at radius 2 is 1.89 bits per heavy atom. The molecule has 3 N–H and O–H groups in total. The first-order valence-electron chi connectivity index (χ1n) is 8.82. The molecule has 0 radical (unpaired) electrons. The smallest absolute Gasteiger partial charge is 0.306 e. The number of methoxy groups -OCH3 is 1. The maximum absolute atomic E-state index is 13.8. The van der Waals surface area contributed by atoms with Crippen molar-refractivity contribution in [3.8, 4) is 17.0 Å². The lowest BCUT2D eigenvalue weighted by Gasteiger charge is -2.10. The number of hydrogen-bond acceptors (Lipinski definition) is 4. The van der Waals surface area contributed by atoms with E-state index < -0.39 is 18.0 Å². The van der Waals surface area contributed by atoms with Gasteiger partial charge in [-0.15, -0.1) is 0 Å². The van der Waals surface area contributed by atoms with Gasteiger partial charge in [0, 0.05) is 23.0 Å². The number of halogens is 1. The predicted octanol–water partition coefficient (Wildman–Crippen LogP) is 3.33. The zero-order valence-corrected chi connectivity index (χ0v) is 15.6. The van der Waals surface area contributed by atoms with Crippen molar-refractivity contribution in [2.45, 2.75) is 25.9 Å². The van der Waals surface area contributed by atoms with Gasteiger partial charge in [0.25, 0.3) is 5.91 Å². The number of amides is 1. The molecular weight excluding hydrogens is 363 g/mol. The number of carbonyl (C=O) groups is 2. The highest BCUT2D eigenvalue weighted by atomic mass is 19.1. The van der Waals surface area contributed by atoms with Crippen molar-refractivity contribution >= 4 is 22.8 Å². The fourth-order valence-corrected chi connectivity index (χ4v) is 3.02. The molecular formula is C21H21FN2O4. The third-order valence-electron chi connectivity index (χ3n) is 4.53. The summed E-state index contributed by atoms with van der Waals surface area (Å²) in [5, 5.41) is 0.696. The van der Waals surface area contributed by atoms with Crippen LogP contribution in [0.3, 0.4) is 0 Å². The molecule has 7 heteroatoms. The summed E-state index contributed by atoms with van der Waals surface area (Å²) >= 11 is 0. The molecule has 3 aromatic rings. The molecule has 0 aliphatic carbocycles. The van der Waals surface area contributed by atoms with E-state index in [1.807, 2.05) is 24.3 Å². The number of primary amides is 1. The molecule has 0 aliphatic rings. The van der Waals surface area contributed by atoms with E-state index in [1.165, 1.54) is 19.1 Å². The Bertz CT molecular complexity index is 1010. The van der Waals surface area contributed by atoms with Crippen molar-refractivity contribution in [3.63, 3.8) is 0 Å². The van der Waals surface area contributed by atoms with Crippen LogP contribution in [0.15, 0.2) is 42.5 Å². The number of nitrogens with two attached hydrogens (primary N) is 1. The SMILES string of the molecule is COc1ccc(-c2[nH]c3ccc(F)cc3c2CCC(=O)O[C@@H](C)C(N)=O)cc1. The molecule has 2 aromatic carbocycles. The highest BCUT2D eigenvalue weighted by Crippen LogP contribution is 2.32. The molecule has 0 bridgehead atoms. The second kappa shape index (κ2) is 8.12. The third kappa shape index (κ3) is 4.14. The fraction of sp³-hybridized carbons (Fsp3) is 0.238. The third-order valence-corrected chi connectivity index (χ3v) is 4.53. The van der Waals surface area contributed by atoms with E-state index in [0.717, 1.165) is 28.1 Å². The molecule has 28 heavy (non-hydrogen) atoms. The first-order chi connectivity index (χ1) is 13.4. The lowest BCUT2D eigenvalue weighted by molar-refractivity contribution is -0.153. The first-order valence-corrected chi connectivity index (χ1v) is 8.82. The summed E-state index contributed by atoms with van der Waals surface area (Å²) in [5.41, 5.74) is 8.35. The van der Waals surface area contributed by atoms with E-state index in [1.54, 1.807) is 13.2 Å². The number of rotatable bonds is 7. The average molecular weight is 384 g/mol. The summed E-state index contributed by atoms with van der Waals surface area (Å²) in [6, 6.07) is 11.9. The van der Waals surface area contributed by atoms with Gasteiger partial charge in [0.1, 0.15) is 11.6 Å². The van der Waals surface area contributed by atoms with Crippen molar-refractivity contribution in [2.75, 3.05) is 7.11 Å². The molecule has 3 rings (SSSR count). The maximum atomic E-state index is 13.8. The molecule has 1 amide bonds. The van der Waals surface area contributed by atoms with Gasteiger partial charge in [0.05, 0.1) is 7.11 Å². The summed E-state index contributed by atoms with van der Waals surface area (Å²) in [6.07, 6.45) is -0.645. The van der Waals surface area contributed by atoms with Crippen molar-refractivity contribution < 1.29 is 23.5 Å². The number of esters is 1. The van der Waals surface area contributed by atoms with Crippen LogP contribution in [0.5, 0.6) is 5.75 Å². The van der Waals surface area contributed by atoms with E-state index in [4.69, 9.17) is 15.2 Å². The van der Waals surface area contributed by atoms with E-state index in [-0.39, 0.29) is 12.2 Å². The summed E-state index contributed by atoms with van der Waals surface area (Å²) in [7, 11) is 1.59. The second-order valence-corrected chi connectivity index (χ2v) is 6.43. The monoisotopic (exact) mass is 384 g/mol. The number of fused-ring (bicyclic) bond motifs is 1. The van der Waals surface area contributed by atoms with Crippen LogP contribution in [0.1, 0.15) is 18.9 Å². The Morgan fingerprint density at radius 3 is 2.54 bits per heavy atom. The Labute approximate surface area is 161 Å². The molecule has 0 spiro atoms. The number of nitrogens with one attached hydrogen (secondary N) is 1. The van der Waals surface area contributed by atoms with Gasteiger partial charge in [-0.1, -0.05) is 0 Å². The molecule has 0 saturated heterocycles. The Hall–Kier alpha value is -3.35. The fourth-order valence-electron chi connectivity index (χ4n) is 3.02. The summed E-state index contributed by atoms with van der Waals surface area (Å²) < 4.78 is 24.0.